The summed E-state index contributed by atoms with van der Waals surface area (Å²) in [6.07, 6.45) is -2.98. The van der Waals surface area contributed by atoms with Crippen molar-refractivity contribution in [2.24, 2.45) is 5.92 Å². The molecule has 1 unspecified atom stereocenters. The first-order valence-electron chi connectivity index (χ1n) is 8.84. The van der Waals surface area contributed by atoms with Gasteiger partial charge in [-0.2, -0.15) is 13.2 Å². The van der Waals surface area contributed by atoms with Crippen LogP contribution in [0.5, 0.6) is 0 Å². The van der Waals surface area contributed by atoms with Crippen LogP contribution in [0.2, 0.25) is 0 Å². The van der Waals surface area contributed by atoms with E-state index in [1.165, 1.54) is 12.3 Å². The second kappa shape index (κ2) is 7.75. The number of fused-ring (bicyclic) bond motifs is 1. The third kappa shape index (κ3) is 4.51. The van der Waals surface area contributed by atoms with Gasteiger partial charge in [0.05, 0.1) is 11.4 Å². The molecule has 0 bridgehead atoms. The summed E-state index contributed by atoms with van der Waals surface area (Å²) in [6.45, 7) is 5.18. The van der Waals surface area contributed by atoms with E-state index in [-0.39, 0.29) is 11.8 Å². The van der Waals surface area contributed by atoms with Crippen molar-refractivity contribution < 1.29 is 23.1 Å². The fraction of sp³-hybridized carbons (Fsp3) is 0.300. The molecule has 1 amide bonds. The summed E-state index contributed by atoms with van der Waals surface area (Å²) in [5, 5.41) is 13.6. The summed E-state index contributed by atoms with van der Waals surface area (Å²) in [5.41, 5.74) is 1.09. The van der Waals surface area contributed by atoms with Gasteiger partial charge in [-0.15, -0.1) is 0 Å². The predicted molar refractivity (Wildman–Crippen MR) is 102 cm³/mol. The van der Waals surface area contributed by atoms with Crippen molar-refractivity contribution in [3.8, 4) is 11.3 Å². The average Bonchev–Trinajstić information content (AvgIpc) is 2.66. The Morgan fingerprint density at radius 1 is 1.03 bits per heavy atom. The third-order valence-corrected chi connectivity index (χ3v) is 4.38. The van der Waals surface area contributed by atoms with Gasteiger partial charge < -0.3 is 10.4 Å². The lowest BCUT2D eigenvalue weighted by Gasteiger charge is -2.15. The highest BCUT2D eigenvalue weighted by Crippen LogP contribution is 2.33. The Labute approximate surface area is 164 Å². The molecule has 3 heterocycles. The van der Waals surface area contributed by atoms with Gasteiger partial charge in [-0.1, -0.05) is 13.8 Å². The molecule has 3 rings (SSSR count). The first-order chi connectivity index (χ1) is 13.6. The number of aromatic nitrogens is 3. The van der Waals surface area contributed by atoms with Gasteiger partial charge in [0.25, 0.3) is 0 Å². The molecule has 2 N–H and O–H groups in total. The molecule has 3 aromatic rings. The van der Waals surface area contributed by atoms with Crippen LogP contribution in [0.4, 0.5) is 19.0 Å². The molecular weight excluding hydrogens is 385 g/mol. The molecule has 0 radical (unpaired) electrons. The number of pyridine rings is 3. The van der Waals surface area contributed by atoms with E-state index in [4.69, 9.17) is 0 Å². The smallest absolute Gasteiger partial charge is 0.378 e. The molecular formula is C20H19F3N4O2. The second-order valence-corrected chi connectivity index (χ2v) is 7.00. The van der Waals surface area contributed by atoms with Crippen molar-refractivity contribution in [3.05, 3.63) is 48.0 Å². The Bertz CT molecular complexity index is 1070. The summed E-state index contributed by atoms with van der Waals surface area (Å²) in [5.74, 6) is 0.0839. The van der Waals surface area contributed by atoms with E-state index < -0.39 is 18.0 Å². The number of carbonyl (C=O) groups excluding carboxylic acids is 1. The lowest BCUT2D eigenvalue weighted by Crippen LogP contribution is -2.21. The van der Waals surface area contributed by atoms with Crippen molar-refractivity contribution in [1.82, 2.24) is 15.0 Å². The average molecular weight is 404 g/mol. The Morgan fingerprint density at radius 3 is 2.31 bits per heavy atom. The predicted octanol–water partition coefficient (Wildman–Crippen LogP) is 4.19. The maximum absolute atomic E-state index is 12.7. The van der Waals surface area contributed by atoms with E-state index in [1.807, 2.05) is 0 Å². The molecule has 3 aromatic heterocycles. The Balaban J connectivity index is 1.91. The number of alkyl halides is 3. The zero-order valence-electron chi connectivity index (χ0n) is 15.9. The van der Waals surface area contributed by atoms with Crippen LogP contribution in [0, 0.1) is 12.8 Å². The van der Waals surface area contributed by atoms with E-state index >= 15 is 0 Å². The van der Waals surface area contributed by atoms with E-state index in [0.29, 0.717) is 22.6 Å². The van der Waals surface area contributed by atoms with Gasteiger partial charge in [-0.05, 0) is 30.7 Å². The Hall–Kier alpha value is -3.07. The number of rotatable bonds is 4. The fourth-order valence-electron chi connectivity index (χ4n) is 2.69. The first kappa shape index (κ1) is 20.7. The molecule has 0 aliphatic carbocycles. The van der Waals surface area contributed by atoms with Crippen molar-refractivity contribution in [3.63, 3.8) is 0 Å². The van der Waals surface area contributed by atoms with Crippen LogP contribution in [0.15, 0.2) is 36.8 Å². The Kier molecular flexibility index (Phi) is 5.52. The number of aliphatic hydroxyl groups excluding tert-OH is 1. The Morgan fingerprint density at radius 2 is 1.69 bits per heavy atom. The summed E-state index contributed by atoms with van der Waals surface area (Å²) in [4.78, 5) is 24.1. The molecule has 0 aliphatic rings. The molecule has 0 aromatic carbocycles. The summed E-state index contributed by atoms with van der Waals surface area (Å²) in [7, 11) is 0. The normalized spacial score (nSPS) is 13.0. The van der Waals surface area contributed by atoms with Gasteiger partial charge in [0.1, 0.15) is 5.82 Å². The number of hydrogen-bond donors (Lipinski definition) is 2. The minimum atomic E-state index is -4.78. The maximum Gasteiger partial charge on any atom is 0.420 e. The fourth-order valence-corrected chi connectivity index (χ4v) is 2.69. The van der Waals surface area contributed by atoms with Crippen LogP contribution in [0.1, 0.15) is 31.2 Å². The number of carbonyl (C=O) groups is 1. The van der Waals surface area contributed by atoms with Crippen molar-refractivity contribution >= 4 is 22.5 Å². The van der Waals surface area contributed by atoms with E-state index in [2.05, 4.69) is 20.3 Å². The zero-order chi connectivity index (χ0) is 21.3. The molecule has 0 aliphatic heterocycles. The van der Waals surface area contributed by atoms with E-state index in [1.54, 1.807) is 45.3 Å². The van der Waals surface area contributed by atoms with E-state index in [0.717, 1.165) is 10.8 Å². The number of aryl methyl sites for hydroxylation is 1. The van der Waals surface area contributed by atoms with Gasteiger partial charge in [0.2, 0.25) is 5.91 Å². The minimum absolute atomic E-state index is 0.149. The van der Waals surface area contributed by atoms with Crippen LogP contribution in [-0.2, 0) is 4.79 Å². The largest absolute Gasteiger partial charge is 0.420 e. The molecule has 0 saturated carbocycles. The number of anilines is 1. The molecule has 6 nitrogen and oxygen atoms in total. The van der Waals surface area contributed by atoms with Crippen LogP contribution in [-0.4, -0.2) is 32.1 Å². The number of halogens is 3. The monoisotopic (exact) mass is 404 g/mol. The van der Waals surface area contributed by atoms with Crippen LogP contribution < -0.4 is 5.32 Å². The van der Waals surface area contributed by atoms with Gasteiger partial charge in [0.15, 0.2) is 6.10 Å². The van der Waals surface area contributed by atoms with Gasteiger partial charge in [-0.25, -0.2) is 4.98 Å². The topological polar surface area (TPSA) is 88.0 Å². The highest BCUT2D eigenvalue weighted by atomic mass is 19.4. The van der Waals surface area contributed by atoms with Crippen molar-refractivity contribution in [2.75, 3.05) is 5.32 Å². The zero-order valence-corrected chi connectivity index (χ0v) is 15.9. The molecule has 0 spiro atoms. The lowest BCUT2D eigenvalue weighted by molar-refractivity contribution is -0.207. The summed E-state index contributed by atoms with van der Waals surface area (Å²) in [6, 6.07) is 4.63. The molecule has 0 saturated heterocycles. The first-order valence-corrected chi connectivity index (χ1v) is 8.84. The number of hydrogen-bond acceptors (Lipinski definition) is 5. The number of amides is 1. The number of aliphatic hydroxyl groups is 1. The highest BCUT2D eigenvalue weighted by molar-refractivity contribution is 5.94. The van der Waals surface area contributed by atoms with Gasteiger partial charge >= 0.3 is 6.18 Å². The molecule has 9 heteroatoms. The lowest BCUT2D eigenvalue weighted by atomic mass is 10.0. The molecule has 0 fully saturated rings. The molecule has 29 heavy (non-hydrogen) atoms. The number of nitrogens with zero attached hydrogens (tertiary/aromatic N) is 3. The quantitative estimate of drug-likeness (QED) is 0.681. The van der Waals surface area contributed by atoms with Crippen LogP contribution in [0.3, 0.4) is 0 Å². The van der Waals surface area contributed by atoms with Crippen LogP contribution in [0.25, 0.3) is 22.0 Å². The van der Waals surface area contributed by atoms with E-state index in [9.17, 15) is 23.1 Å². The SMILES string of the molecule is Cc1cc(C(O)C(F)(F)F)ncc1-c1cc2cnc(NC(=O)C(C)C)cc2cn1. The highest BCUT2D eigenvalue weighted by Gasteiger charge is 2.40. The summed E-state index contributed by atoms with van der Waals surface area (Å²) < 4.78 is 38.1. The second-order valence-electron chi connectivity index (χ2n) is 7.00. The molecule has 152 valence electrons. The minimum Gasteiger partial charge on any atom is -0.378 e. The van der Waals surface area contributed by atoms with Gasteiger partial charge in [0, 0.05) is 40.8 Å². The van der Waals surface area contributed by atoms with Crippen LogP contribution >= 0.6 is 0 Å². The van der Waals surface area contributed by atoms with Gasteiger partial charge in [-0.3, -0.25) is 14.8 Å². The third-order valence-electron chi connectivity index (χ3n) is 4.38. The van der Waals surface area contributed by atoms with Crippen molar-refractivity contribution in [2.45, 2.75) is 33.1 Å². The molecule has 1 atom stereocenters. The number of nitrogens with one attached hydrogen (secondary N) is 1. The standard InChI is InChI=1S/C20H19F3N4O2/c1-10(2)19(29)27-17-6-13-7-24-15(5-12(13)8-26-17)14-9-25-16(4-11(14)3)18(28)20(21,22)23/h4-10,18,28H,1-3H3,(H,26,27,29). The summed E-state index contributed by atoms with van der Waals surface area (Å²) >= 11 is 0. The maximum atomic E-state index is 12.7. The van der Waals surface area contributed by atoms with Crippen molar-refractivity contribution in [1.29, 1.82) is 0 Å².